The number of carbonyl (C=O) groups is 3. The van der Waals surface area contributed by atoms with Gasteiger partial charge in [0.1, 0.15) is 23.5 Å². The van der Waals surface area contributed by atoms with E-state index < -0.39 is 77.5 Å². The maximum Gasteiger partial charge on any atom is 0.408 e. The normalized spacial score (nSPS) is 30.3. The lowest BCUT2D eigenvalue weighted by Gasteiger charge is -2.35. The number of nitrogens with zero attached hydrogens (tertiary/aromatic N) is 2. The first-order valence-corrected chi connectivity index (χ1v) is 15.6. The van der Waals surface area contributed by atoms with Gasteiger partial charge in [0, 0.05) is 29.7 Å². The lowest BCUT2D eigenvalue weighted by atomic mass is 9.85. The molecule has 0 radical (unpaired) electrons. The molecular formula is C33H41F4N3O6. The molecule has 9 nitrogen and oxygen atoms in total. The smallest absolute Gasteiger partial charge is 0.408 e. The molecule has 1 aromatic heterocycles. The second-order valence-electron chi connectivity index (χ2n) is 14.1. The lowest BCUT2D eigenvalue weighted by Crippen LogP contribution is -2.57. The number of Topliss-reactive ketones (excluding diaryl/α,β-unsaturated/α-hetero) is 1. The molecule has 2 aromatic rings. The molecule has 1 aromatic carbocycles. The molecule has 13 heteroatoms. The van der Waals surface area contributed by atoms with Gasteiger partial charge in [0.15, 0.2) is 5.78 Å². The quantitative estimate of drug-likeness (QED) is 0.373. The summed E-state index contributed by atoms with van der Waals surface area (Å²) in [5, 5.41) is 3.01. The van der Waals surface area contributed by atoms with Crippen LogP contribution in [-0.4, -0.2) is 64.6 Å². The number of halogens is 4. The fraction of sp³-hybridized carbons (Fsp3) is 0.636. The zero-order chi connectivity index (χ0) is 33.8. The number of nitrogens with one attached hydrogen (secondary N) is 1. The van der Waals surface area contributed by atoms with E-state index in [-0.39, 0.29) is 41.3 Å². The van der Waals surface area contributed by atoms with E-state index >= 15 is 8.78 Å². The summed E-state index contributed by atoms with van der Waals surface area (Å²) < 4.78 is 74.2. The Morgan fingerprint density at radius 3 is 2.54 bits per heavy atom. The van der Waals surface area contributed by atoms with Gasteiger partial charge in [0.05, 0.1) is 23.7 Å². The monoisotopic (exact) mass is 651 g/mol. The lowest BCUT2D eigenvalue weighted by molar-refractivity contribution is -0.141. The van der Waals surface area contributed by atoms with Crippen molar-refractivity contribution in [2.45, 2.75) is 110 Å². The Kier molecular flexibility index (Phi) is 8.93. The highest BCUT2D eigenvalue weighted by Crippen LogP contribution is 2.50. The van der Waals surface area contributed by atoms with Crippen LogP contribution in [0.4, 0.5) is 22.4 Å². The number of ether oxygens (including phenoxy) is 3. The number of carbonyl (C=O) groups excluding carboxylic acids is 3. The van der Waals surface area contributed by atoms with E-state index in [1.54, 1.807) is 34.6 Å². The van der Waals surface area contributed by atoms with Crippen LogP contribution >= 0.6 is 0 Å². The van der Waals surface area contributed by atoms with Crippen LogP contribution in [0.15, 0.2) is 24.3 Å². The van der Waals surface area contributed by atoms with E-state index in [1.807, 2.05) is 0 Å². The first-order chi connectivity index (χ1) is 21.4. The number of aromatic nitrogens is 1. The average Bonchev–Trinajstić information content (AvgIpc) is 3.45. The minimum Gasteiger partial charge on any atom is -0.472 e. The highest BCUT2D eigenvalue weighted by atomic mass is 19.3. The number of rotatable bonds is 3. The van der Waals surface area contributed by atoms with E-state index in [9.17, 15) is 23.2 Å². The number of alkyl carbamates (subject to hydrolysis) is 1. The fourth-order valence-electron chi connectivity index (χ4n) is 6.73. The first kappa shape index (κ1) is 33.7. The number of amides is 2. The summed E-state index contributed by atoms with van der Waals surface area (Å²) in [6, 6.07) is 3.04. The van der Waals surface area contributed by atoms with Gasteiger partial charge in [-0.25, -0.2) is 18.6 Å². The van der Waals surface area contributed by atoms with Crippen LogP contribution in [0.5, 0.6) is 11.6 Å². The van der Waals surface area contributed by atoms with Gasteiger partial charge in [-0.1, -0.05) is 34.1 Å². The number of alkyl halides is 4. The molecule has 2 amide bonds. The van der Waals surface area contributed by atoms with Crippen molar-refractivity contribution >= 4 is 28.7 Å². The minimum atomic E-state index is -3.38. The van der Waals surface area contributed by atoms with E-state index in [2.05, 4.69) is 15.0 Å². The predicted molar refractivity (Wildman–Crippen MR) is 160 cm³/mol. The van der Waals surface area contributed by atoms with Crippen molar-refractivity contribution in [2.24, 2.45) is 17.3 Å². The van der Waals surface area contributed by atoms with E-state index in [0.717, 1.165) is 0 Å². The number of hydrogen-bond donors (Lipinski definition) is 1. The third kappa shape index (κ3) is 6.88. The topological polar surface area (TPSA) is 107 Å². The third-order valence-electron chi connectivity index (χ3n) is 9.48. The van der Waals surface area contributed by atoms with Gasteiger partial charge < -0.3 is 24.4 Å². The van der Waals surface area contributed by atoms with Crippen molar-refractivity contribution in [2.75, 3.05) is 6.54 Å². The molecule has 46 heavy (non-hydrogen) atoms. The summed E-state index contributed by atoms with van der Waals surface area (Å²) in [4.78, 5) is 45.8. The van der Waals surface area contributed by atoms with Crippen LogP contribution in [0, 0.1) is 17.3 Å². The molecule has 0 unspecified atom stereocenters. The SMILES string of the molecule is CC(=O)[C@@H]1[C@H](C)[C@@H]2CN1C(=O)[C@H](C(C)(C)C)NC(=O)O[C@]1(C)C[C@H]1CCCCC(F)(F)c1cc3ccc(OC(F)F)cc3nc1O2. The number of pyridine rings is 1. The van der Waals surface area contributed by atoms with Crippen LogP contribution in [0.3, 0.4) is 0 Å². The van der Waals surface area contributed by atoms with Gasteiger partial charge in [-0.05, 0) is 56.7 Å². The Labute approximate surface area is 265 Å². The van der Waals surface area contributed by atoms with Gasteiger partial charge in [-0.15, -0.1) is 0 Å². The molecule has 2 fully saturated rings. The van der Waals surface area contributed by atoms with Gasteiger partial charge in [-0.2, -0.15) is 8.78 Å². The Balaban J connectivity index is 1.58. The van der Waals surface area contributed by atoms with Crippen molar-refractivity contribution in [3.05, 3.63) is 29.8 Å². The molecule has 1 N–H and O–H groups in total. The molecule has 1 saturated carbocycles. The second kappa shape index (κ2) is 12.2. The molecular weight excluding hydrogens is 610 g/mol. The first-order valence-electron chi connectivity index (χ1n) is 15.6. The molecule has 3 heterocycles. The van der Waals surface area contributed by atoms with Crippen molar-refractivity contribution < 1.29 is 46.2 Å². The predicted octanol–water partition coefficient (Wildman–Crippen LogP) is 6.60. The molecule has 1 aliphatic carbocycles. The largest absolute Gasteiger partial charge is 0.472 e. The van der Waals surface area contributed by atoms with Gasteiger partial charge in [0.25, 0.3) is 5.92 Å². The van der Waals surface area contributed by atoms with Gasteiger partial charge >= 0.3 is 12.7 Å². The summed E-state index contributed by atoms with van der Waals surface area (Å²) in [6.07, 6.45) is -0.424. The van der Waals surface area contributed by atoms with Crippen LogP contribution in [0.1, 0.15) is 79.2 Å². The molecule has 0 spiro atoms. The summed E-state index contributed by atoms with van der Waals surface area (Å²) in [6.45, 7) is 6.90. The summed E-state index contributed by atoms with van der Waals surface area (Å²) >= 11 is 0. The maximum atomic E-state index is 16.0. The standard InChI is InChI=1S/C33H41F4N3O6/c1-17-24-16-40(25(17)18(2)41)28(42)26(31(3,4)5)39-30(43)46-32(6)15-20(32)9-7-8-12-33(36,37)22-13-19-10-11-21(44-29(34)35)14-23(19)38-27(22)45-24/h10-11,13-14,17,20,24-26,29H,7-9,12,15-16H2,1-6H3,(H,39,43)/t17-,20-,24+,25+,26-,32-/m1/s1. The Morgan fingerprint density at radius 2 is 1.89 bits per heavy atom. The van der Waals surface area contributed by atoms with Gasteiger partial charge in [-0.3, -0.25) is 9.59 Å². The molecule has 2 aliphatic heterocycles. The number of fused-ring (bicyclic) bond motifs is 5. The van der Waals surface area contributed by atoms with Crippen LogP contribution < -0.4 is 14.8 Å². The third-order valence-corrected chi connectivity index (χ3v) is 9.48. The van der Waals surface area contributed by atoms with Gasteiger partial charge in [0.2, 0.25) is 11.8 Å². The Hall–Kier alpha value is -3.64. The summed E-state index contributed by atoms with van der Waals surface area (Å²) in [7, 11) is 0. The molecule has 252 valence electrons. The van der Waals surface area contributed by atoms with Crippen LogP contribution in [0.25, 0.3) is 10.9 Å². The number of hydrogen-bond acceptors (Lipinski definition) is 7. The molecule has 1 saturated heterocycles. The molecule has 5 rings (SSSR count). The van der Waals surface area contributed by atoms with Crippen molar-refractivity contribution in [1.29, 1.82) is 0 Å². The minimum absolute atomic E-state index is 0.0114. The number of benzene rings is 1. The van der Waals surface area contributed by atoms with E-state index in [4.69, 9.17) is 9.47 Å². The average molecular weight is 652 g/mol. The molecule has 3 aliphatic rings. The summed E-state index contributed by atoms with van der Waals surface area (Å²) in [5.74, 6) is -5.52. The van der Waals surface area contributed by atoms with Crippen LogP contribution in [-0.2, 0) is 20.2 Å². The molecule has 6 atom stereocenters. The van der Waals surface area contributed by atoms with Crippen molar-refractivity contribution in [3.8, 4) is 11.6 Å². The summed E-state index contributed by atoms with van der Waals surface area (Å²) in [5.41, 5.74) is -1.92. The maximum absolute atomic E-state index is 16.0. The zero-order valence-electron chi connectivity index (χ0n) is 26.9. The highest BCUT2D eigenvalue weighted by molar-refractivity contribution is 5.92. The van der Waals surface area contributed by atoms with E-state index in [0.29, 0.717) is 19.3 Å². The van der Waals surface area contributed by atoms with Crippen molar-refractivity contribution in [1.82, 2.24) is 15.2 Å². The Bertz CT molecular complexity index is 1510. The van der Waals surface area contributed by atoms with E-state index in [1.165, 1.54) is 36.1 Å². The zero-order valence-corrected chi connectivity index (χ0v) is 26.9. The van der Waals surface area contributed by atoms with Crippen LogP contribution in [0.2, 0.25) is 0 Å². The highest BCUT2D eigenvalue weighted by Gasteiger charge is 2.54. The second-order valence-corrected chi connectivity index (χ2v) is 14.1. The number of ketones is 1. The van der Waals surface area contributed by atoms with Crippen molar-refractivity contribution in [3.63, 3.8) is 0 Å². The molecule has 2 bridgehead atoms. The fourth-order valence-corrected chi connectivity index (χ4v) is 6.73. The Morgan fingerprint density at radius 1 is 1.17 bits per heavy atom.